The van der Waals surface area contributed by atoms with Crippen LogP contribution >= 0.6 is 0 Å². The quantitative estimate of drug-likeness (QED) is 0.761. The van der Waals surface area contributed by atoms with E-state index in [-0.39, 0.29) is 30.0 Å². The van der Waals surface area contributed by atoms with Gasteiger partial charge in [0.1, 0.15) is 0 Å². The lowest BCUT2D eigenvalue weighted by Gasteiger charge is -2.27. The van der Waals surface area contributed by atoms with Gasteiger partial charge in [0.05, 0.1) is 18.1 Å². The van der Waals surface area contributed by atoms with Gasteiger partial charge in [-0.15, -0.1) is 0 Å². The van der Waals surface area contributed by atoms with Gasteiger partial charge in [0.15, 0.2) is 9.84 Å². The Morgan fingerprint density at radius 1 is 1.24 bits per heavy atom. The van der Waals surface area contributed by atoms with E-state index in [0.29, 0.717) is 6.42 Å². The highest BCUT2D eigenvalue weighted by atomic mass is 32.2. The Morgan fingerprint density at radius 2 is 1.94 bits per heavy atom. The minimum Gasteiger partial charge on any atom is -0.342 e. The second kappa shape index (κ2) is 5.35. The number of sulfone groups is 1. The fourth-order valence-electron chi connectivity index (χ4n) is 2.44. The van der Waals surface area contributed by atoms with Crippen LogP contribution in [0.15, 0.2) is 0 Å². The van der Waals surface area contributed by atoms with Crippen molar-refractivity contribution in [3.8, 4) is 0 Å². The second-order valence-corrected chi connectivity index (χ2v) is 7.15. The monoisotopic (exact) mass is 260 g/mol. The van der Waals surface area contributed by atoms with Crippen LogP contribution in [0.4, 0.5) is 0 Å². The predicted molar refractivity (Wildman–Crippen MR) is 65.5 cm³/mol. The smallest absolute Gasteiger partial charge is 0.236 e. The molecule has 2 fully saturated rings. The molecule has 0 aliphatic carbocycles. The standard InChI is InChI=1S/C11H20N2O3S/c14-11(13-5-2-1-3-6-13)8-12-10-4-7-17(15,16)9-10/h10,12H,1-9H2. The maximum absolute atomic E-state index is 11.8. The van der Waals surface area contributed by atoms with Gasteiger partial charge in [-0.3, -0.25) is 4.79 Å². The molecule has 1 atom stereocenters. The summed E-state index contributed by atoms with van der Waals surface area (Å²) >= 11 is 0. The van der Waals surface area contributed by atoms with Crippen molar-refractivity contribution in [1.82, 2.24) is 10.2 Å². The van der Waals surface area contributed by atoms with Crippen LogP contribution in [0.1, 0.15) is 25.7 Å². The molecule has 0 aromatic carbocycles. The van der Waals surface area contributed by atoms with Gasteiger partial charge in [-0.25, -0.2) is 8.42 Å². The van der Waals surface area contributed by atoms with Gasteiger partial charge in [-0.05, 0) is 25.7 Å². The average molecular weight is 260 g/mol. The SMILES string of the molecule is O=C(CNC1CCS(=O)(=O)C1)N1CCCCC1. The van der Waals surface area contributed by atoms with Crippen molar-refractivity contribution in [3.05, 3.63) is 0 Å². The Morgan fingerprint density at radius 3 is 2.53 bits per heavy atom. The van der Waals surface area contributed by atoms with E-state index >= 15 is 0 Å². The number of piperidine rings is 1. The van der Waals surface area contributed by atoms with E-state index in [1.165, 1.54) is 6.42 Å². The Hall–Kier alpha value is -0.620. The molecule has 0 spiro atoms. The van der Waals surface area contributed by atoms with E-state index in [9.17, 15) is 13.2 Å². The minimum atomic E-state index is -2.86. The number of hydrogen-bond donors (Lipinski definition) is 1. The molecule has 2 heterocycles. The highest BCUT2D eigenvalue weighted by Crippen LogP contribution is 2.12. The van der Waals surface area contributed by atoms with E-state index in [1.807, 2.05) is 4.90 Å². The third-order valence-electron chi connectivity index (χ3n) is 3.48. The number of rotatable bonds is 3. The molecule has 2 saturated heterocycles. The molecule has 1 amide bonds. The van der Waals surface area contributed by atoms with E-state index in [4.69, 9.17) is 0 Å². The molecule has 0 bridgehead atoms. The average Bonchev–Trinajstić information content (AvgIpc) is 2.67. The summed E-state index contributed by atoms with van der Waals surface area (Å²) in [7, 11) is -2.86. The minimum absolute atomic E-state index is 0.0336. The van der Waals surface area contributed by atoms with E-state index in [2.05, 4.69) is 5.32 Å². The Kier molecular flexibility index (Phi) is 4.04. The number of carbonyl (C=O) groups is 1. The summed E-state index contributed by atoms with van der Waals surface area (Å²) in [4.78, 5) is 13.7. The lowest BCUT2D eigenvalue weighted by molar-refractivity contribution is -0.131. The largest absolute Gasteiger partial charge is 0.342 e. The van der Waals surface area contributed by atoms with Gasteiger partial charge in [0, 0.05) is 19.1 Å². The molecule has 1 unspecified atom stereocenters. The van der Waals surface area contributed by atoms with Gasteiger partial charge >= 0.3 is 0 Å². The maximum atomic E-state index is 11.8. The molecule has 2 rings (SSSR count). The predicted octanol–water partition coefficient (Wildman–Crippen LogP) is -0.224. The van der Waals surface area contributed by atoms with Crippen molar-refractivity contribution in [2.24, 2.45) is 0 Å². The summed E-state index contributed by atoms with van der Waals surface area (Å²) in [6.07, 6.45) is 4.01. The fraction of sp³-hybridized carbons (Fsp3) is 0.909. The van der Waals surface area contributed by atoms with Gasteiger partial charge in [0.25, 0.3) is 0 Å². The zero-order chi connectivity index (χ0) is 12.3. The summed E-state index contributed by atoms with van der Waals surface area (Å²) in [5.74, 6) is 0.539. The molecular formula is C11H20N2O3S. The van der Waals surface area contributed by atoms with Crippen LogP contribution in [0.5, 0.6) is 0 Å². The van der Waals surface area contributed by atoms with Gasteiger partial charge < -0.3 is 10.2 Å². The van der Waals surface area contributed by atoms with Crippen molar-refractivity contribution in [1.29, 1.82) is 0 Å². The Labute approximate surface area is 102 Å². The first-order valence-electron chi connectivity index (χ1n) is 6.28. The van der Waals surface area contributed by atoms with Crippen molar-refractivity contribution in [2.75, 3.05) is 31.1 Å². The second-order valence-electron chi connectivity index (χ2n) is 4.92. The van der Waals surface area contributed by atoms with Gasteiger partial charge in [-0.2, -0.15) is 0 Å². The summed E-state index contributed by atoms with van der Waals surface area (Å²) in [5, 5.41) is 3.06. The van der Waals surface area contributed by atoms with Crippen molar-refractivity contribution >= 4 is 15.7 Å². The zero-order valence-corrected chi connectivity index (χ0v) is 10.8. The lowest BCUT2D eigenvalue weighted by atomic mass is 10.1. The Balaban J connectivity index is 1.73. The normalized spacial score (nSPS) is 28.2. The maximum Gasteiger partial charge on any atom is 0.236 e. The molecule has 98 valence electrons. The molecular weight excluding hydrogens is 240 g/mol. The molecule has 0 saturated carbocycles. The molecule has 5 nitrogen and oxygen atoms in total. The zero-order valence-electron chi connectivity index (χ0n) is 10.0. The van der Waals surface area contributed by atoms with Gasteiger partial charge in [0.2, 0.25) is 5.91 Å². The molecule has 17 heavy (non-hydrogen) atoms. The van der Waals surface area contributed by atoms with E-state index in [1.54, 1.807) is 0 Å². The molecule has 2 aliphatic heterocycles. The van der Waals surface area contributed by atoms with Crippen LogP contribution in [0.2, 0.25) is 0 Å². The number of carbonyl (C=O) groups excluding carboxylic acids is 1. The first kappa shape index (κ1) is 12.8. The first-order chi connectivity index (χ1) is 8.07. The van der Waals surface area contributed by atoms with E-state index in [0.717, 1.165) is 25.9 Å². The summed E-state index contributed by atoms with van der Waals surface area (Å²) in [6, 6.07) is -0.0336. The molecule has 6 heteroatoms. The van der Waals surface area contributed by atoms with Gasteiger partial charge in [-0.1, -0.05) is 0 Å². The molecule has 0 aromatic rings. The highest BCUT2D eigenvalue weighted by molar-refractivity contribution is 7.91. The van der Waals surface area contributed by atoms with Crippen LogP contribution in [-0.2, 0) is 14.6 Å². The summed E-state index contributed by atoms with van der Waals surface area (Å²) in [6.45, 7) is 1.98. The van der Waals surface area contributed by atoms with Crippen LogP contribution in [0.3, 0.4) is 0 Å². The van der Waals surface area contributed by atoms with Crippen LogP contribution in [-0.4, -0.2) is 56.4 Å². The number of likely N-dealkylation sites (tertiary alicyclic amines) is 1. The first-order valence-corrected chi connectivity index (χ1v) is 8.10. The number of amides is 1. The summed E-state index contributed by atoms with van der Waals surface area (Å²) < 4.78 is 22.5. The van der Waals surface area contributed by atoms with Crippen molar-refractivity contribution in [2.45, 2.75) is 31.7 Å². The molecule has 2 aliphatic rings. The van der Waals surface area contributed by atoms with Crippen molar-refractivity contribution < 1.29 is 13.2 Å². The number of nitrogens with zero attached hydrogens (tertiary/aromatic N) is 1. The Bertz CT molecular complexity index is 374. The van der Waals surface area contributed by atoms with Crippen LogP contribution in [0.25, 0.3) is 0 Å². The number of nitrogens with one attached hydrogen (secondary N) is 1. The van der Waals surface area contributed by atoms with Crippen LogP contribution in [0, 0.1) is 0 Å². The third-order valence-corrected chi connectivity index (χ3v) is 5.25. The molecule has 1 N–H and O–H groups in total. The number of hydrogen-bond acceptors (Lipinski definition) is 4. The van der Waals surface area contributed by atoms with E-state index < -0.39 is 9.84 Å². The third kappa shape index (κ3) is 3.67. The van der Waals surface area contributed by atoms with Crippen LogP contribution < -0.4 is 5.32 Å². The fourth-order valence-corrected chi connectivity index (χ4v) is 4.15. The molecule has 0 aromatic heterocycles. The summed E-state index contributed by atoms with van der Waals surface area (Å²) in [5.41, 5.74) is 0. The van der Waals surface area contributed by atoms with Crippen molar-refractivity contribution in [3.63, 3.8) is 0 Å². The highest BCUT2D eigenvalue weighted by Gasteiger charge is 2.28. The topological polar surface area (TPSA) is 66.5 Å². The lowest BCUT2D eigenvalue weighted by Crippen LogP contribution is -2.44. The molecule has 0 radical (unpaired) electrons.